The number of benzene rings is 1. The number of para-hydroxylation sites is 1. The van der Waals surface area contributed by atoms with E-state index in [2.05, 4.69) is 34.0 Å². The molecule has 1 saturated heterocycles. The molecule has 0 bridgehead atoms. The van der Waals surface area contributed by atoms with E-state index in [0.717, 1.165) is 45.4 Å². The van der Waals surface area contributed by atoms with Crippen molar-refractivity contribution >= 4 is 0 Å². The topological polar surface area (TPSA) is 17.4 Å². The fraction of sp³-hybridized carbons (Fsp3) is 0.444. The number of aryl methyl sites for hydroxylation is 1. The summed E-state index contributed by atoms with van der Waals surface area (Å²) < 4.78 is 21.6. The first-order valence-corrected chi connectivity index (χ1v) is 8.05. The molecule has 118 valence electrons. The summed E-state index contributed by atoms with van der Waals surface area (Å²) in [5, 5.41) is 0. The maximum atomic E-state index is 13.6. The molecule has 3 rings (SSSR count). The number of piperidine rings is 1. The number of hydrogen-bond donors (Lipinski definition) is 0. The minimum atomic E-state index is -0.267. The second-order valence-electron chi connectivity index (χ2n) is 5.86. The van der Waals surface area contributed by atoms with Crippen molar-refractivity contribution in [1.29, 1.82) is 0 Å². The quantitative estimate of drug-likeness (QED) is 0.812. The normalized spacial score (nSPS) is 16.8. The number of ether oxygens (including phenoxy) is 1. The molecule has 2 aromatic rings. The van der Waals surface area contributed by atoms with E-state index < -0.39 is 0 Å². The van der Waals surface area contributed by atoms with Crippen LogP contribution in [-0.2, 0) is 6.54 Å². The molecule has 1 aromatic heterocycles. The Morgan fingerprint density at radius 3 is 2.45 bits per heavy atom. The molecular formula is C18H23FN2O. The molecule has 2 heterocycles. The summed E-state index contributed by atoms with van der Waals surface area (Å²) in [5.74, 6) is 0.116. The van der Waals surface area contributed by atoms with Crippen LogP contribution in [-0.4, -0.2) is 35.2 Å². The fourth-order valence-electron chi connectivity index (χ4n) is 2.97. The average Bonchev–Trinajstić information content (AvgIpc) is 3.05. The molecule has 22 heavy (non-hydrogen) atoms. The number of halogens is 1. The Bertz CT molecular complexity index is 562. The maximum absolute atomic E-state index is 13.6. The van der Waals surface area contributed by atoms with Crippen molar-refractivity contribution in [2.75, 3.05) is 19.6 Å². The smallest absolute Gasteiger partial charge is 0.165 e. The third-order valence-electron chi connectivity index (χ3n) is 4.22. The second kappa shape index (κ2) is 7.45. The van der Waals surface area contributed by atoms with E-state index in [0.29, 0.717) is 5.75 Å². The van der Waals surface area contributed by atoms with Crippen LogP contribution >= 0.6 is 0 Å². The van der Waals surface area contributed by atoms with E-state index >= 15 is 0 Å². The molecule has 0 N–H and O–H groups in total. The number of nitrogens with zero attached hydrogens (tertiary/aromatic N) is 2. The van der Waals surface area contributed by atoms with Crippen LogP contribution in [0.15, 0.2) is 48.8 Å². The van der Waals surface area contributed by atoms with Gasteiger partial charge < -0.3 is 14.2 Å². The Morgan fingerprint density at radius 2 is 1.73 bits per heavy atom. The van der Waals surface area contributed by atoms with Crippen molar-refractivity contribution in [2.24, 2.45) is 0 Å². The number of aromatic nitrogens is 1. The van der Waals surface area contributed by atoms with Crippen LogP contribution in [0.25, 0.3) is 0 Å². The highest BCUT2D eigenvalue weighted by atomic mass is 19.1. The Balaban J connectivity index is 1.38. The lowest BCUT2D eigenvalue weighted by atomic mass is 10.1. The molecular weight excluding hydrogens is 279 g/mol. The van der Waals surface area contributed by atoms with Crippen LogP contribution < -0.4 is 4.74 Å². The van der Waals surface area contributed by atoms with Crippen molar-refractivity contribution in [3.8, 4) is 5.75 Å². The maximum Gasteiger partial charge on any atom is 0.165 e. The third-order valence-corrected chi connectivity index (χ3v) is 4.22. The second-order valence-corrected chi connectivity index (χ2v) is 5.86. The predicted octanol–water partition coefficient (Wildman–Crippen LogP) is 3.56. The zero-order chi connectivity index (χ0) is 15.2. The summed E-state index contributed by atoms with van der Waals surface area (Å²) in [6, 6.07) is 10.8. The molecule has 0 spiro atoms. The molecule has 3 nitrogen and oxygen atoms in total. The van der Waals surface area contributed by atoms with E-state index in [1.807, 2.05) is 6.07 Å². The van der Waals surface area contributed by atoms with Gasteiger partial charge in [-0.05, 0) is 50.1 Å². The molecule has 1 aromatic carbocycles. The van der Waals surface area contributed by atoms with Gasteiger partial charge in [-0.3, -0.25) is 0 Å². The lowest BCUT2D eigenvalue weighted by molar-refractivity contribution is 0.0959. The van der Waals surface area contributed by atoms with Crippen molar-refractivity contribution < 1.29 is 9.13 Å². The molecule has 0 atom stereocenters. The zero-order valence-corrected chi connectivity index (χ0v) is 12.8. The van der Waals surface area contributed by atoms with Crippen LogP contribution in [0.1, 0.15) is 19.3 Å². The van der Waals surface area contributed by atoms with Gasteiger partial charge in [0.2, 0.25) is 0 Å². The molecule has 1 aliphatic heterocycles. The molecule has 0 radical (unpaired) electrons. The largest absolute Gasteiger partial charge is 0.487 e. The molecule has 1 fully saturated rings. The lowest BCUT2D eigenvalue weighted by Gasteiger charge is -2.32. The molecule has 4 heteroatoms. The Kier molecular flexibility index (Phi) is 5.11. The van der Waals surface area contributed by atoms with Crippen LogP contribution in [0.4, 0.5) is 4.39 Å². The Hall–Kier alpha value is -1.81. The van der Waals surface area contributed by atoms with Crippen molar-refractivity contribution in [3.63, 3.8) is 0 Å². The number of likely N-dealkylation sites (tertiary alicyclic amines) is 1. The van der Waals surface area contributed by atoms with Gasteiger partial charge in [-0.1, -0.05) is 12.1 Å². The van der Waals surface area contributed by atoms with Crippen LogP contribution in [0.2, 0.25) is 0 Å². The van der Waals surface area contributed by atoms with Crippen LogP contribution in [0, 0.1) is 5.82 Å². The van der Waals surface area contributed by atoms with Gasteiger partial charge in [0.25, 0.3) is 0 Å². The zero-order valence-electron chi connectivity index (χ0n) is 12.8. The molecule has 0 saturated carbocycles. The summed E-state index contributed by atoms with van der Waals surface area (Å²) >= 11 is 0. The highest BCUT2D eigenvalue weighted by molar-refractivity contribution is 5.23. The molecule has 0 unspecified atom stereocenters. The lowest BCUT2D eigenvalue weighted by Crippen LogP contribution is -2.39. The van der Waals surface area contributed by atoms with Gasteiger partial charge in [-0.2, -0.15) is 0 Å². The van der Waals surface area contributed by atoms with Gasteiger partial charge in [0, 0.05) is 32.0 Å². The van der Waals surface area contributed by atoms with Crippen LogP contribution in [0.3, 0.4) is 0 Å². The Morgan fingerprint density at radius 1 is 1.00 bits per heavy atom. The van der Waals surface area contributed by atoms with Gasteiger partial charge in [-0.15, -0.1) is 0 Å². The first kappa shape index (κ1) is 15.1. The monoisotopic (exact) mass is 302 g/mol. The van der Waals surface area contributed by atoms with Gasteiger partial charge in [0.1, 0.15) is 6.10 Å². The average molecular weight is 302 g/mol. The van der Waals surface area contributed by atoms with Crippen molar-refractivity contribution in [2.45, 2.75) is 31.9 Å². The summed E-state index contributed by atoms with van der Waals surface area (Å²) in [4.78, 5) is 2.48. The summed E-state index contributed by atoms with van der Waals surface area (Å²) in [7, 11) is 0. The van der Waals surface area contributed by atoms with Crippen molar-refractivity contribution in [1.82, 2.24) is 9.47 Å². The van der Waals surface area contributed by atoms with Crippen LogP contribution in [0.5, 0.6) is 5.75 Å². The minimum absolute atomic E-state index is 0.137. The first-order valence-electron chi connectivity index (χ1n) is 8.05. The van der Waals surface area contributed by atoms with Gasteiger partial charge in [0.05, 0.1) is 0 Å². The van der Waals surface area contributed by atoms with Gasteiger partial charge >= 0.3 is 0 Å². The Labute approximate surface area is 131 Å². The molecule has 1 aliphatic rings. The van der Waals surface area contributed by atoms with Gasteiger partial charge in [0.15, 0.2) is 11.6 Å². The van der Waals surface area contributed by atoms with Gasteiger partial charge in [-0.25, -0.2) is 4.39 Å². The number of rotatable bonds is 6. The molecule has 0 aliphatic carbocycles. The summed E-state index contributed by atoms with van der Waals surface area (Å²) in [5.41, 5.74) is 0. The highest BCUT2D eigenvalue weighted by Gasteiger charge is 2.21. The SMILES string of the molecule is Fc1ccccc1OC1CCN(CCCn2cccc2)CC1. The minimum Gasteiger partial charge on any atom is -0.487 e. The van der Waals surface area contributed by atoms with Crippen molar-refractivity contribution in [3.05, 3.63) is 54.6 Å². The highest BCUT2D eigenvalue weighted by Crippen LogP contribution is 2.21. The van der Waals surface area contributed by atoms with E-state index in [1.54, 1.807) is 12.1 Å². The third kappa shape index (κ3) is 4.10. The molecule has 0 amide bonds. The van der Waals surface area contributed by atoms with E-state index in [1.165, 1.54) is 6.07 Å². The predicted molar refractivity (Wildman–Crippen MR) is 85.5 cm³/mol. The number of hydrogen-bond acceptors (Lipinski definition) is 2. The summed E-state index contributed by atoms with van der Waals surface area (Å²) in [6.45, 7) is 4.25. The summed E-state index contributed by atoms with van der Waals surface area (Å²) in [6.07, 6.45) is 7.45. The standard InChI is InChI=1S/C18H23FN2O/c19-17-6-1-2-7-18(17)22-16-8-14-21(15-9-16)13-5-12-20-10-3-4-11-20/h1-4,6-7,10-11,16H,5,8-9,12-15H2. The first-order chi connectivity index (χ1) is 10.8. The fourth-order valence-corrected chi connectivity index (χ4v) is 2.97. The van der Waals surface area contributed by atoms with E-state index in [4.69, 9.17) is 4.74 Å². The van der Waals surface area contributed by atoms with E-state index in [-0.39, 0.29) is 11.9 Å². The van der Waals surface area contributed by atoms with E-state index in [9.17, 15) is 4.39 Å².